The van der Waals surface area contributed by atoms with Gasteiger partial charge in [-0.3, -0.25) is 0 Å². The summed E-state index contributed by atoms with van der Waals surface area (Å²) in [6.07, 6.45) is 6.07. The Bertz CT molecular complexity index is 270. The summed E-state index contributed by atoms with van der Waals surface area (Å²) in [7, 11) is 0. The van der Waals surface area contributed by atoms with E-state index in [2.05, 4.69) is 0 Å². The molecule has 0 aromatic carbocycles. The van der Waals surface area contributed by atoms with Gasteiger partial charge in [-0.15, -0.1) is 0 Å². The van der Waals surface area contributed by atoms with E-state index >= 15 is 0 Å². The SMILES string of the molecule is CC(C)(C)OC(=O)N1CCCC2CCCC21. The van der Waals surface area contributed by atoms with Crippen LogP contribution in [0.3, 0.4) is 0 Å². The highest BCUT2D eigenvalue weighted by Gasteiger charge is 2.38. The number of hydrogen-bond acceptors (Lipinski definition) is 2. The quantitative estimate of drug-likeness (QED) is 0.633. The van der Waals surface area contributed by atoms with Gasteiger partial charge in [-0.1, -0.05) is 6.42 Å². The molecule has 2 rings (SSSR count). The van der Waals surface area contributed by atoms with E-state index in [1.165, 1.54) is 25.7 Å². The van der Waals surface area contributed by atoms with Crippen molar-refractivity contribution in [2.24, 2.45) is 5.92 Å². The molecule has 0 spiro atoms. The molecular formula is C13H23NO2. The van der Waals surface area contributed by atoms with Gasteiger partial charge in [0.25, 0.3) is 0 Å². The fraction of sp³-hybridized carbons (Fsp3) is 0.923. The minimum Gasteiger partial charge on any atom is -0.444 e. The zero-order valence-corrected chi connectivity index (χ0v) is 10.7. The van der Waals surface area contributed by atoms with Gasteiger partial charge in [0.05, 0.1) is 0 Å². The number of carbonyl (C=O) groups is 1. The van der Waals surface area contributed by atoms with Gasteiger partial charge in [0.15, 0.2) is 0 Å². The highest BCUT2D eigenvalue weighted by Crippen LogP contribution is 2.37. The van der Waals surface area contributed by atoms with Crippen molar-refractivity contribution in [1.82, 2.24) is 4.90 Å². The van der Waals surface area contributed by atoms with Crippen LogP contribution >= 0.6 is 0 Å². The molecular weight excluding hydrogens is 202 g/mol. The molecule has 0 radical (unpaired) electrons. The normalized spacial score (nSPS) is 30.1. The molecule has 0 N–H and O–H groups in total. The second-order valence-electron chi connectivity index (χ2n) is 6.07. The van der Waals surface area contributed by atoms with Crippen LogP contribution in [-0.4, -0.2) is 29.2 Å². The number of likely N-dealkylation sites (tertiary alicyclic amines) is 1. The van der Waals surface area contributed by atoms with Crippen LogP contribution in [0.1, 0.15) is 52.9 Å². The third-order valence-corrected chi connectivity index (χ3v) is 3.62. The lowest BCUT2D eigenvalue weighted by molar-refractivity contribution is 0.00434. The van der Waals surface area contributed by atoms with Gasteiger partial charge < -0.3 is 9.64 Å². The maximum absolute atomic E-state index is 12.1. The van der Waals surface area contributed by atoms with Crippen molar-refractivity contribution in [3.63, 3.8) is 0 Å². The van der Waals surface area contributed by atoms with Gasteiger partial charge in [-0.25, -0.2) is 4.79 Å². The molecule has 1 heterocycles. The number of ether oxygens (including phenoxy) is 1. The lowest BCUT2D eigenvalue weighted by Crippen LogP contribution is -2.48. The van der Waals surface area contributed by atoms with Crippen LogP contribution in [0.2, 0.25) is 0 Å². The molecule has 0 aromatic heterocycles. The zero-order valence-electron chi connectivity index (χ0n) is 10.7. The molecule has 1 aliphatic heterocycles. The molecule has 16 heavy (non-hydrogen) atoms. The van der Waals surface area contributed by atoms with Crippen molar-refractivity contribution in [1.29, 1.82) is 0 Å². The van der Waals surface area contributed by atoms with Gasteiger partial charge in [-0.05, 0) is 52.4 Å². The summed E-state index contributed by atoms with van der Waals surface area (Å²) in [6, 6.07) is 0.462. The second-order valence-corrected chi connectivity index (χ2v) is 6.07. The summed E-state index contributed by atoms with van der Waals surface area (Å²) in [4.78, 5) is 14.0. The molecule has 3 nitrogen and oxygen atoms in total. The minimum atomic E-state index is -0.372. The topological polar surface area (TPSA) is 29.5 Å². The number of piperidine rings is 1. The summed E-state index contributed by atoms with van der Waals surface area (Å²) in [5.74, 6) is 0.737. The molecule has 3 heteroatoms. The lowest BCUT2D eigenvalue weighted by atomic mass is 9.92. The summed E-state index contributed by atoms with van der Waals surface area (Å²) < 4.78 is 5.47. The fourth-order valence-corrected chi connectivity index (χ4v) is 3.00. The first-order valence-corrected chi connectivity index (χ1v) is 6.47. The van der Waals surface area contributed by atoms with Crippen molar-refractivity contribution in [2.75, 3.05) is 6.54 Å². The first-order chi connectivity index (χ1) is 7.47. The van der Waals surface area contributed by atoms with E-state index in [-0.39, 0.29) is 11.7 Å². The van der Waals surface area contributed by atoms with E-state index in [1.54, 1.807) is 0 Å². The van der Waals surface area contributed by atoms with Crippen LogP contribution in [0.5, 0.6) is 0 Å². The van der Waals surface area contributed by atoms with Gasteiger partial charge in [0.1, 0.15) is 5.60 Å². The van der Waals surface area contributed by atoms with Gasteiger partial charge in [0.2, 0.25) is 0 Å². The average molecular weight is 225 g/mol. The Morgan fingerprint density at radius 2 is 1.88 bits per heavy atom. The van der Waals surface area contributed by atoms with Crippen molar-refractivity contribution < 1.29 is 9.53 Å². The van der Waals surface area contributed by atoms with Gasteiger partial charge in [-0.2, -0.15) is 0 Å². The van der Waals surface area contributed by atoms with Crippen LogP contribution in [0, 0.1) is 5.92 Å². The Morgan fingerprint density at radius 1 is 1.19 bits per heavy atom. The maximum Gasteiger partial charge on any atom is 0.410 e. The molecule has 0 bridgehead atoms. The van der Waals surface area contributed by atoms with Crippen LogP contribution in [0.15, 0.2) is 0 Å². The molecule has 92 valence electrons. The van der Waals surface area contributed by atoms with Crippen molar-refractivity contribution in [2.45, 2.75) is 64.5 Å². The van der Waals surface area contributed by atoms with E-state index < -0.39 is 0 Å². The fourth-order valence-electron chi connectivity index (χ4n) is 3.00. The van der Waals surface area contributed by atoms with Crippen LogP contribution in [0.4, 0.5) is 4.79 Å². The van der Waals surface area contributed by atoms with E-state index in [9.17, 15) is 4.79 Å². The standard InChI is InChI=1S/C13H23NO2/c1-13(2,3)16-12(15)14-9-5-7-10-6-4-8-11(10)14/h10-11H,4-9H2,1-3H3. The molecule has 1 saturated carbocycles. The lowest BCUT2D eigenvalue weighted by Gasteiger charge is -2.38. The third kappa shape index (κ3) is 2.50. The largest absolute Gasteiger partial charge is 0.444 e. The first-order valence-electron chi connectivity index (χ1n) is 6.47. The molecule has 0 aromatic rings. The monoisotopic (exact) mass is 225 g/mol. The van der Waals surface area contributed by atoms with Gasteiger partial charge >= 0.3 is 6.09 Å². The Labute approximate surface area is 98.1 Å². The van der Waals surface area contributed by atoms with E-state index in [4.69, 9.17) is 4.74 Å². The zero-order chi connectivity index (χ0) is 11.8. The number of rotatable bonds is 0. The molecule has 2 aliphatic rings. The molecule has 2 atom stereocenters. The maximum atomic E-state index is 12.1. The molecule has 1 aliphatic carbocycles. The Kier molecular flexibility index (Phi) is 3.13. The smallest absolute Gasteiger partial charge is 0.410 e. The van der Waals surface area contributed by atoms with Gasteiger partial charge in [0, 0.05) is 12.6 Å². The Hall–Kier alpha value is -0.730. The summed E-state index contributed by atoms with van der Waals surface area (Å²) in [6.45, 7) is 6.68. The number of nitrogens with zero attached hydrogens (tertiary/aromatic N) is 1. The highest BCUT2D eigenvalue weighted by atomic mass is 16.6. The highest BCUT2D eigenvalue weighted by molar-refractivity contribution is 5.68. The third-order valence-electron chi connectivity index (χ3n) is 3.62. The summed E-state index contributed by atoms with van der Waals surface area (Å²) >= 11 is 0. The van der Waals surface area contributed by atoms with Crippen LogP contribution in [-0.2, 0) is 4.74 Å². The average Bonchev–Trinajstić information content (AvgIpc) is 2.61. The molecule has 1 amide bonds. The number of carbonyl (C=O) groups excluding carboxylic acids is 1. The van der Waals surface area contributed by atoms with Crippen molar-refractivity contribution in [3.8, 4) is 0 Å². The second kappa shape index (κ2) is 4.27. The Balaban J connectivity index is 2.00. The number of hydrogen-bond donors (Lipinski definition) is 0. The molecule has 1 saturated heterocycles. The van der Waals surface area contributed by atoms with Crippen molar-refractivity contribution in [3.05, 3.63) is 0 Å². The molecule has 2 unspecified atom stereocenters. The predicted molar refractivity (Wildman–Crippen MR) is 63.3 cm³/mol. The first kappa shape index (κ1) is 11.7. The predicted octanol–water partition coefficient (Wildman–Crippen LogP) is 3.19. The minimum absolute atomic E-state index is 0.107. The van der Waals surface area contributed by atoms with Crippen molar-refractivity contribution >= 4 is 6.09 Å². The van der Waals surface area contributed by atoms with E-state index in [1.807, 2.05) is 25.7 Å². The van der Waals surface area contributed by atoms with E-state index in [0.29, 0.717) is 6.04 Å². The van der Waals surface area contributed by atoms with Crippen LogP contribution in [0.25, 0.3) is 0 Å². The van der Waals surface area contributed by atoms with E-state index in [0.717, 1.165) is 18.9 Å². The molecule has 2 fully saturated rings. The Morgan fingerprint density at radius 3 is 2.56 bits per heavy atom. The summed E-state index contributed by atoms with van der Waals surface area (Å²) in [5.41, 5.74) is -0.372. The summed E-state index contributed by atoms with van der Waals surface area (Å²) in [5, 5.41) is 0. The number of amides is 1. The number of fused-ring (bicyclic) bond motifs is 1. The van der Waals surface area contributed by atoms with Crippen LogP contribution < -0.4 is 0 Å².